The molecule has 0 saturated heterocycles. The molecule has 0 amide bonds. The van der Waals surface area contributed by atoms with Crippen molar-refractivity contribution >= 4 is 27.0 Å². The Bertz CT molecular complexity index is 663. The van der Waals surface area contributed by atoms with Gasteiger partial charge in [0.15, 0.2) is 0 Å². The van der Waals surface area contributed by atoms with E-state index < -0.39 is 10.0 Å². The van der Waals surface area contributed by atoms with Gasteiger partial charge in [-0.25, -0.2) is 18.1 Å². The molecule has 1 heterocycles. The van der Waals surface area contributed by atoms with Crippen LogP contribution in [0, 0.1) is 6.92 Å². The van der Waals surface area contributed by atoms with Gasteiger partial charge >= 0.3 is 0 Å². The van der Waals surface area contributed by atoms with E-state index in [1.165, 1.54) is 11.3 Å². The molecule has 0 unspecified atom stereocenters. The summed E-state index contributed by atoms with van der Waals surface area (Å²) in [6, 6.07) is 6.69. The Kier molecular flexibility index (Phi) is 4.74. The first-order valence-electron chi connectivity index (χ1n) is 6.26. The zero-order chi connectivity index (χ0) is 14.6. The van der Waals surface area contributed by atoms with E-state index in [1.54, 1.807) is 24.3 Å². The van der Waals surface area contributed by atoms with E-state index in [9.17, 15) is 8.42 Å². The average Bonchev–Trinajstić information content (AvgIpc) is 2.84. The number of nitrogens with zero attached hydrogens (tertiary/aromatic N) is 1. The Balaban J connectivity index is 2.05. The summed E-state index contributed by atoms with van der Waals surface area (Å²) in [6.45, 7) is 4.89. The van der Waals surface area contributed by atoms with Crippen LogP contribution in [0.5, 0.6) is 0 Å². The lowest BCUT2D eigenvalue weighted by molar-refractivity contribution is 0.581. The summed E-state index contributed by atoms with van der Waals surface area (Å²) in [6.07, 6.45) is 0. The highest BCUT2D eigenvalue weighted by molar-refractivity contribution is 7.89. The fourth-order valence-electron chi connectivity index (χ4n) is 1.68. The molecule has 0 aliphatic heterocycles. The van der Waals surface area contributed by atoms with Gasteiger partial charge in [0.25, 0.3) is 0 Å². The van der Waals surface area contributed by atoms with Gasteiger partial charge in [-0.3, -0.25) is 0 Å². The summed E-state index contributed by atoms with van der Waals surface area (Å²) in [5.41, 5.74) is 1.81. The monoisotopic (exact) mass is 311 g/mol. The van der Waals surface area contributed by atoms with Crippen molar-refractivity contribution in [3.63, 3.8) is 0 Å². The average molecular weight is 311 g/mol. The lowest BCUT2D eigenvalue weighted by atomic mass is 10.3. The van der Waals surface area contributed by atoms with Crippen LogP contribution in [0.2, 0.25) is 0 Å². The van der Waals surface area contributed by atoms with Gasteiger partial charge < -0.3 is 5.32 Å². The van der Waals surface area contributed by atoms with Crippen molar-refractivity contribution in [1.29, 1.82) is 0 Å². The third kappa shape index (κ3) is 3.78. The third-order valence-electron chi connectivity index (χ3n) is 2.63. The van der Waals surface area contributed by atoms with E-state index in [2.05, 4.69) is 15.0 Å². The molecule has 1 aromatic heterocycles. The molecular weight excluding hydrogens is 294 g/mol. The predicted octanol–water partition coefficient (Wildman–Crippen LogP) is 2.36. The molecule has 2 rings (SSSR count). The molecule has 0 aliphatic rings. The fraction of sp³-hybridized carbons (Fsp3) is 0.308. The van der Waals surface area contributed by atoms with Gasteiger partial charge in [0.1, 0.15) is 5.01 Å². The zero-order valence-corrected chi connectivity index (χ0v) is 13.0. The maximum absolute atomic E-state index is 12.1. The predicted molar refractivity (Wildman–Crippen MR) is 81.5 cm³/mol. The van der Waals surface area contributed by atoms with Gasteiger partial charge in [0.05, 0.1) is 11.4 Å². The van der Waals surface area contributed by atoms with Crippen molar-refractivity contribution in [1.82, 2.24) is 9.71 Å². The molecule has 0 atom stereocenters. The maximum atomic E-state index is 12.1. The van der Waals surface area contributed by atoms with Crippen LogP contribution in [-0.4, -0.2) is 19.9 Å². The molecule has 108 valence electrons. The van der Waals surface area contributed by atoms with E-state index in [-0.39, 0.29) is 11.4 Å². The molecule has 0 saturated carbocycles. The molecule has 0 aliphatic carbocycles. The number of aryl methyl sites for hydroxylation is 1. The number of thiazole rings is 1. The van der Waals surface area contributed by atoms with Crippen LogP contribution in [-0.2, 0) is 16.6 Å². The number of benzene rings is 1. The molecule has 0 bridgehead atoms. The second-order valence-corrected chi connectivity index (χ2v) is 6.97. The van der Waals surface area contributed by atoms with Crippen LogP contribution in [0.1, 0.15) is 17.6 Å². The van der Waals surface area contributed by atoms with Crippen LogP contribution in [0.4, 0.5) is 5.69 Å². The minimum atomic E-state index is -3.49. The largest absolute Gasteiger partial charge is 0.385 e. The normalized spacial score (nSPS) is 11.5. The Morgan fingerprint density at radius 2 is 1.95 bits per heavy atom. The van der Waals surface area contributed by atoms with Gasteiger partial charge in [0.2, 0.25) is 10.0 Å². The van der Waals surface area contributed by atoms with E-state index in [0.29, 0.717) is 0 Å². The van der Waals surface area contributed by atoms with Crippen LogP contribution in [0.25, 0.3) is 0 Å². The topological polar surface area (TPSA) is 71.1 Å². The first kappa shape index (κ1) is 15.0. The summed E-state index contributed by atoms with van der Waals surface area (Å²) in [5.74, 6) is 0. The smallest absolute Gasteiger partial charge is 0.240 e. The lowest BCUT2D eigenvalue weighted by Gasteiger charge is -2.07. The van der Waals surface area contributed by atoms with Crippen molar-refractivity contribution in [2.75, 3.05) is 11.9 Å². The van der Waals surface area contributed by atoms with E-state index in [4.69, 9.17) is 0 Å². The number of anilines is 1. The molecular formula is C13H17N3O2S2. The Morgan fingerprint density at radius 3 is 2.50 bits per heavy atom. The number of sulfonamides is 1. The molecule has 20 heavy (non-hydrogen) atoms. The number of rotatable bonds is 6. The highest BCUT2D eigenvalue weighted by Gasteiger charge is 2.14. The highest BCUT2D eigenvalue weighted by atomic mass is 32.2. The van der Waals surface area contributed by atoms with Gasteiger partial charge in [0, 0.05) is 23.3 Å². The molecule has 7 heteroatoms. The van der Waals surface area contributed by atoms with Crippen molar-refractivity contribution in [3.05, 3.63) is 40.3 Å². The Hall–Kier alpha value is -1.44. The van der Waals surface area contributed by atoms with Gasteiger partial charge in [-0.2, -0.15) is 0 Å². The quantitative estimate of drug-likeness (QED) is 0.859. The first-order chi connectivity index (χ1) is 9.51. The van der Waals surface area contributed by atoms with Crippen molar-refractivity contribution in [3.8, 4) is 0 Å². The fourth-order valence-corrected chi connectivity index (χ4v) is 3.47. The van der Waals surface area contributed by atoms with E-state index in [1.807, 2.05) is 19.2 Å². The maximum Gasteiger partial charge on any atom is 0.240 e. The summed E-state index contributed by atoms with van der Waals surface area (Å²) < 4.78 is 26.8. The van der Waals surface area contributed by atoms with Crippen molar-refractivity contribution in [2.45, 2.75) is 25.3 Å². The Labute approximate surface area is 123 Å². The highest BCUT2D eigenvalue weighted by Crippen LogP contribution is 2.15. The minimum Gasteiger partial charge on any atom is -0.385 e. The molecule has 0 radical (unpaired) electrons. The molecule has 0 spiro atoms. The molecule has 0 fully saturated rings. The standard InChI is InChI=1S/C13H17N3O2S2/c1-3-14-11-4-6-12(7-5-11)20(17,18)15-8-13-16-10(2)9-19-13/h4-7,9,14-15H,3,8H2,1-2H3. The number of hydrogen-bond donors (Lipinski definition) is 2. The summed E-state index contributed by atoms with van der Waals surface area (Å²) >= 11 is 1.45. The number of nitrogens with one attached hydrogen (secondary N) is 2. The molecule has 5 nitrogen and oxygen atoms in total. The van der Waals surface area contributed by atoms with Crippen molar-refractivity contribution < 1.29 is 8.42 Å². The summed E-state index contributed by atoms with van der Waals surface area (Å²) in [7, 11) is -3.49. The summed E-state index contributed by atoms with van der Waals surface area (Å²) in [5, 5.41) is 5.78. The molecule has 1 aromatic carbocycles. The SMILES string of the molecule is CCNc1ccc(S(=O)(=O)NCc2nc(C)cs2)cc1. The molecule has 2 aromatic rings. The van der Waals surface area contributed by atoms with Crippen LogP contribution in [0.15, 0.2) is 34.5 Å². The van der Waals surface area contributed by atoms with Crippen LogP contribution >= 0.6 is 11.3 Å². The second kappa shape index (κ2) is 6.34. The van der Waals surface area contributed by atoms with Gasteiger partial charge in [-0.05, 0) is 38.1 Å². The first-order valence-corrected chi connectivity index (χ1v) is 8.62. The summed E-state index contributed by atoms with van der Waals surface area (Å²) in [4.78, 5) is 4.48. The van der Waals surface area contributed by atoms with Crippen LogP contribution in [0.3, 0.4) is 0 Å². The van der Waals surface area contributed by atoms with Crippen molar-refractivity contribution in [2.24, 2.45) is 0 Å². The second-order valence-electron chi connectivity index (χ2n) is 4.26. The number of aromatic nitrogens is 1. The van der Waals surface area contributed by atoms with Gasteiger partial charge in [-0.1, -0.05) is 0 Å². The van der Waals surface area contributed by atoms with Crippen LogP contribution < -0.4 is 10.0 Å². The van der Waals surface area contributed by atoms with E-state index in [0.717, 1.165) is 22.9 Å². The molecule has 2 N–H and O–H groups in total. The van der Waals surface area contributed by atoms with E-state index >= 15 is 0 Å². The number of hydrogen-bond acceptors (Lipinski definition) is 5. The third-order valence-corrected chi connectivity index (χ3v) is 5.01. The van der Waals surface area contributed by atoms with Gasteiger partial charge in [-0.15, -0.1) is 11.3 Å². The Morgan fingerprint density at radius 1 is 1.25 bits per heavy atom. The lowest BCUT2D eigenvalue weighted by Crippen LogP contribution is -2.23. The zero-order valence-electron chi connectivity index (χ0n) is 11.4. The minimum absolute atomic E-state index is 0.218.